The number of rotatable bonds is 2. The van der Waals surface area contributed by atoms with Gasteiger partial charge in [-0.15, -0.1) is 0 Å². The number of hydrogen-bond donors (Lipinski definition) is 1. The highest BCUT2D eigenvalue weighted by atomic mass is 16.6. The van der Waals surface area contributed by atoms with Gasteiger partial charge in [-0.1, -0.05) is 13.8 Å². The largest absolute Gasteiger partial charge is 0.465 e. The van der Waals surface area contributed by atoms with Crippen LogP contribution < -0.4 is 5.32 Å². The fourth-order valence-corrected chi connectivity index (χ4v) is 1.64. The van der Waals surface area contributed by atoms with Crippen molar-refractivity contribution < 1.29 is 13.9 Å². The van der Waals surface area contributed by atoms with Crippen molar-refractivity contribution in [3.8, 4) is 0 Å². The van der Waals surface area contributed by atoms with Gasteiger partial charge in [-0.25, -0.2) is 4.79 Å². The van der Waals surface area contributed by atoms with Gasteiger partial charge in [0.05, 0.1) is 12.3 Å². The Kier molecular flexibility index (Phi) is 2.19. The zero-order valence-corrected chi connectivity index (χ0v) is 8.19. The van der Waals surface area contributed by atoms with Crippen LogP contribution in [0.3, 0.4) is 0 Å². The molecule has 1 fully saturated rings. The maximum absolute atomic E-state index is 11.1. The third-order valence-electron chi connectivity index (χ3n) is 2.39. The normalized spacial score (nSPS) is 26.4. The Morgan fingerprint density at radius 3 is 2.86 bits per heavy atom. The number of carbonyl (C=O) groups is 1. The predicted molar refractivity (Wildman–Crippen MR) is 49.7 cm³/mol. The van der Waals surface area contributed by atoms with Crippen molar-refractivity contribution in [2.24, 2.45) is 5.92 Å². The summed E-state index contributed by atoms with van der Waals surface area (Å²) in [5, 5.41) is 2.77. The van der Waals surface area contributed by atoms with Crippen molar-refractivity contribution >= 4 is 6.09 Å². The van der Waals surface area contributed by atoms with Crippen LogP contribution in [0.15, 0.2) is 22.8 Å². The summed E-state index contributed by atoms with van der Waals surface area (Å²) < 4.78 is 10.4. The Morgan fingerprint density at radius 1 is 1.50 bits per heavy atom. The molecule has 2 atom stereocenters. The SMILES string of the molecule is CC(C)[C@@H]1NC(=O)O[C@H]1c1ccco1. The van der Waals surface area contributed by atoms with E-state index in [2.05, 4.69) is 5.32 Å². The fourth-order valence-electron chi connectivity index (χ4n) is 1.64. The van der Waals surface area contributed by atoms with E-state index in [1.54, 1.807) is 12.3 Å². The number of nitrogens with one attached hydrogen (secondary N) is 1. The number of furan rings is 1. The molecule has 1 saturated heterocycles. The number of amides is 1. The van der Waals surface area contributed by atoms with Crippen LogP contribution in [-0.4, -0.2) is 12.1 Å². The molecule has 0 saturated carbocycles. The standard InChI is InChI=1S/C10H13NO3/c1-6(2)8-9(14-10(12)11-8)7-4-3-5-13-7/h3-6,8-9H,1-2H3,(H,11,12)/t8-,9-/m0/s1. The molecule has 14 heavy (non-hydrogen) atoms. The summed E-state index contributed by atoms with van der Waals surface area (Å²) in [5.41, 5.74) is 0. The Labute approximate surface area is 82.2 Å². The van der Waals surface area contributed by atoms with Crippen LogP contribution in [0, 0.1) is 5.92 Å². The molecule has 1 N–H and O–H groups in total. The van der Waals surface area contributed by atoms with Crippen LogP contribution >= 0.6 is 0 Å². The van der Waals surface area contributed by atoms with Crippen molar-refractivity contribution in [3.05, 3.63) is 24.2 Å². The van der Waals surface area contributed by atoms with Gasteiger partial charge in [0.25, 0.3) is 0 Å². The predicted octanol–water partition coefficient (Wildman–Crippen LogP) is 2.09. The first-order chi connectivity index (χ1) is 6.68. The molecule has 4 heteroatoms. The third kappa shape index (κ3) is 1.47. The Morgan fingerprint density at radius 2 is 2.29 bits per heavy atom. The Hall–Kier alpha value is -1.45. The molecule has 2 heterocycles. The molecule has 0 spiro atoms. The molecule has 1 aromatic rings. The van der Waals surface area contributed by atoms with E-state index in [-0.39, 0.29) is 18.2 Å². The summed E-state index contributed by atoms with van der Waals surface area (Å²) in [5.74, 6) is 1.01. The summed E-state index contributed by atoms with van der Waals surface area (Å²) in [6.07, 6.45) is 0.918. The average molecular weight is 195 g/mol. The minimum atomic E-state index is -0.370. The molecule has 1 aliphatic rings. The third-order valence-corrected chi connectivity index (χ3v) is 2.39. The minimum absolute atomic E-state index is 0.00588. The van der Waals surface area contributed by atoms with E-state index < -0.39 is 0 Å². The molecule has 4 nitrogen and oxygen atoms in total. The van der Waals surface area contributed by atoms with E-state index in [4.69, 9.17) is 9.15 Å². The molecule has 1 aliphatic heterocycles. The summed E-state index contributed by atoms with van der Waals surface area (Å²) in [6.45, 7) is 4.07. The van der Waals surface area contributed by atoms with Crippen molar-refractivity contribution in [1.29, 1.82) is 0 Å². The number of carbonyl (C=O) groups excluding carboxylic acids is 1. The lowest BCUT2D eigenvalue weighted by molar-refractivity contribution is 0.110. The summed E-state index contributed by atoms with van der Waals surface area (Å²) >= 11 is 0. The summed E-state index contributed by atoms with van der Waals surface area (Å²) in [6, 6.07) is 3.60. The minimum Gasteiger partial charge on any atom is -0.465 e. The maximum Gasteiger partial charge on any atom is 0.408 e. The quantitative estimate of drug-likeness (QED) is 0.786. The smallest absolute Gasteiger partial charge is 0.408 e. The van der Waals surface area contributed by atoms with Gasteiger partial charge in [0.2, 0.25) is 0 Å². The van der Waals surface area contributed by atoms with Gasteiger partial charge < -0.3 is 14.5 Å². The second-order valence-corrected chi connectivity index (χ2v) is 3.76. The highest BCUT2D eigenvalue weighted by Crippen LogP contribution is 2.30. The van der Waals surface area contributed by atoms with E-state index in [1.807, 2.05) is 19.9 Å². The highest BCUT2D eigenvalue weighted by molar-refractivity contribution is 5.70. The van der Waals surface area contributed by atoms with Gasteiger partial charge in [-0.3, -0.25) is 0 Å². The number of alkyl carbamates (subject to hydrolysis) is 1. The van der Waals surface area contributed by atoms with Crippen molar-refractivity contribution in [3.63, 3.8) is 0 Å². The Bertz CT molecular complexity index is 318. The summed E-state index contributed by atoms with van der Waals surface area (Å²) in [4.78, 5) is 11.1. The topological polar surface area (TPSA) is 51.5 Å². The van der Waals surface area contributed by atoms with Crippen molar-refractivity contribution in [2.75, 3.05) is 0 Å². The van der Waals surface area contributed by atoms with Gasteiger partial charge in [0, 0.05) is 0 Å². The van der Waals surface area contributed by atoms with Crippen molar-refractivity contribution in [2.45, 2.75) is 26.0 Å². The zero-order chi connectivity index (χ0) is 10.1. The van der Waals surface area contributed by atoms with Crippen LogP contribution in [0.4, 0.5) is 4.79 Å². The molecule has 0 aliphatic carbocycles. The zero-order valence-electron chi connectivity index (χ0n) is 8.19. The van der Waals surface area contributed by atoms with Gasteiger partial charge in [0.1, 0.15) is 5.76 Å². The number of cyclic esters (lactones) is 1. The number of hydrogen-bond acceptors (Lipinski definition) is 3. The van der Waals surface area contributed by atoms with E-state index in [9.17, 15) is 4.79 Å². The van der Waals surface area contributed by atoms with Gasteiger partial charge in [-0.05, 0) is 18.1 Å². The van der Waals surface area contributed by atoms with Crippen LogP contribution in [-0.2, 0) is 4.74 Å². The molecule has 76 valence electrons. The molecule has 0 unspecified atom stereocenters. The van der Waals surface area contributed by atoms with Crippen molar-refractivity contribution in [1.82, 2.24) is 5.32 Å². The van der Waals surface area contributed by atoms with Gasteiger partial charge >= 0.3 is 6.09 Å². The monoisotopic (exact) mass is 195 g/mol. The van der Waals surface area contributed by atoms with E-state index in [0.717, 1.165) is 0 Å². The first-order valence-electron chi connectivity index (χ1n) is 4.69. The van der Waals surface area contributed by atoms with Crippen LogP contribution in [0.5, 0.6) is 0 Å². The first kappa shape index (κ1) is 9.12. The summed E-state index contributed by atoms with van der Waals surface area (Å²) in [7, 11) is 0. The lowest BCUT2D eigenvalue weighted by Gasteiger charge is -2.17. The fraction of sp³-hybridized carbons (Fsp3) is 0.500. The molecule has 2 rings (SSSR count). The molecule has 1 amide bonds. The van der Waals surface area contributed by atoms with Crippen LogP contribution in [0.2, 0.25) is 0 Å². The van der Waals surface area contributed by atoms with Gasteiger partial charge in [0.15, 0.2) is 6.10 Å². The van der Waals surface area contributed by atoms with Crippen LogP contribution in [0.1, 0.15) is 25.7 Å². The first-order valence-corrected chi connectivity index (χ1v) is 4.69. The molecule has 0 bridgehead atoms. The number of ether oxygens (including phenoxy) is 1. The molecule has 0 aromatic carbocycles. The maximum atomic E-state index is 11.1. The highest BCUT2D eigenvalue weighted by Gasteiger charge is 2.38. The molecular formula is C10H13NO3. The van der Waals surface area contributed by atoms with E-state index in [1.165, 1.54) is 0 Å². The molecule has 0 radical (unpaired) electrons. The van der Waals surface area contributed by atoms with E-state index in [0.29, 0.717) is 11.7 Å². The van der Waals surface area contributed by atoms with E-state index >= 15 is 0 Å². The second kappa shape index (κ2) is 3.36. The second-order valence-electron chi connectivity index (χ2n) is 3.76. The molecule has 1 aromatic heterocycles. The van der Waals surface area contributed by atoms with Gasteiger partial charge in [-0.2, -0.15) is 0 Å². The molecular weight excluding hydrogens is 182 g/mol. The lowest BCUT2D eigenvalue weighted by atomic mass is 9.98. The average Bonchev–Trinajstić information content (AvgIpc) is 2.70. The van der Waals surface area contributed by atoms with Crippen LogP contribution in [0.25, 0.3) is 0 Å². The lowest BCUT2D eigenvalue weighted by Crippen LogP contribution is -2.32. The Balaban J connectivity index is 2.21.